The molecule has 1 heterocycles. The van der Waals surface area contributed by atoms with Gasteiger partial charge in [0.25, 0.3) is 5.91 Å². The minimum Gasteiger partial charge on any atom is -0.462 e. The van der Waals surface area contributed by atoms with Crippen LogP contribution in [0.3, 0.4) is 0 Å². The number of nitrogens with one attached hydrogen (secondary N) is 3. The van der Waals surface area contributed by atoms with E-state index in [2.05, 4.69) is 25.9 Å². The standard InChI is InChI=1S/C20H27N5O3S.HI/c1-6-28-19(27)16-12(2)24-18(29-16)13(3)25-20(22-5)23-11-14-8-7-9-15(10-14)17(26)21-4;/h7-10,13H,6,11H2,1-5H3,(H,21,26)(H2,22,23,25);1H. The number of benzene rings is 1. The number of guanidine groups is 1. The molecular formula is C20H28IN5O3S. The van der Waals surface area contributed by atoms with Gasteiger partial charge in [0.05, 0.1) is 18.3 Å². The maximum absolute atomic E-state index is 12.0. The number of aliphatic imine (C=N–C) groups is 1. The van der Waals surface area contributed by atoms with Crippen LogP contribution >= 0.6 is 35.3 Å². The first-order valence-electron chi connectivity index (χ1n) is 9.32. The van der Waals surface area contributed by atoms with Crippen LogP contribution in [0.1, 0.15) is 56.2 Å². The lowest BCUT2D eigenvalue weighted by atomic mass is 10.1. The van der Waals surface area contributed by atoms with Gasteiger partial charge >= 0.3 is 5.97 Å². The smallest absolute Gasteiger partial charge is 0.350 e. The van der Waals surface area contributed by atoms with Crippen LogP contribution < -0.4 is 16.0 Å². The van der Waals surface area contributed by atoms with Crippen molar-refractivity contribution in [1.82, 2.24) is 20.9 Å². The molecule has 10 heteroatoms. The van der Waals surface area contributed by atoms with Crippen molar-refractivity contribution in [2.75, 3.05) is 20.7 Å². The van der Waals surface area contributed by atoms with Crippen LogP contribution in [0.5, 0.6) is 0 Å². The summed E-state index contributed by atoms with van der Waals surface area (Å²) < 4.78 is 5.07. The molecule has 3 N–H and O–H groups in total. The zero-order valence-electron chi connectivity index (χ0n) is 17.7. The first kappa shape index (κ1) is 25.8. The molecule has 0 saturated heterocycles. The SMILES string of the molecule is CCOC(=O)c1sc(C(C)NC(=NC)NCc2cccc(C(=O)NC)c2)nc1C.I. The van der Waals surface area contributed by atoms with Gasteiger partial charge in [-0.3, -0.25) is 9.79 Å². The van der Waals surface area contributed by atoms with Gasteiger partial charge in [0, 0.05) is 26.2 Å². The summed E-state index contributed by atoms with van der Waals surface area (Å²) >= 11 is 1.31. The molecule has 0 bridgehead atoms. The highest BCUT2D eigenvalue weighted by Crippen LogP contribution is 2.24. The van der Waals surface area contributed by atoms with Crippen LogP contribution in [0.15, 0.2) is 29.3 Å². The summed E-state index contributed by atoms with van der Waals surface area (Å²) in [5, 5.41) is 9.89. The Kier molecular flexibility index (Phi) is 10.7. The van der Waals surface area contributed by atoms with E-state index >= 15 is 0 Å². The number of nitrogens with zero attached hydrogens (tertiary/aromatic N) is 2. The highest BCUT2D eigenvalue weighted by molar-refractivity contribution is 14.0. The van der Waals surface area contributed by atoms with Crippen molar-refractivity contribution in [3.05, 3.63) is 51.0 Å². The van der Waals surface area contributed by atoms with Crippen LogP contribution in [0.25, 0.3) is 0 Å². The van der Waals surface area contributed by atoms with Crippen molar-refractivity contribution >= 4 is 53.1 Å². The minimum absolute atomic E-state index is 0. The molecule has 30 heavy (non-hydrogen) atoms. The predicted octanol–water partition coefficient (Wildman–Crippen LogP) is 3.03. The molecule has 1 aromatic carbocycles. The average molecular weight is 545 g/mol. The van der Waals surface area contributed by atoms with Crippen molar-refractivity contribution in [2.24, 2.45) is 4.99 Å². The summed E-state index contributed by atoms with van der Waals surface area (Å²) in [6, 6.07) is 7.23. The lowest BCUT2D eigenvalue weighted by Gasteiger charge is -2.16. The third-order valence-corrected chi connectivity index (χ3v) is 5.42. The van der Waals surface area contributed by atoms with E-state index in [0.29, 0.717) is 35.2 Å². The Labute approximate surface area is 197 Å². The number of ether oxygens (including phenoxy) is 1. The number of rotatable bonds is 7. The van der Waals surface area contributed by atoms with E-state index in [1.54, 1.807) is 34.0 Å². The number of amides is 1. The zero-order chi connectivity index (χ0) is 21.4. The number of aryl methyl sites for hydroxylation is 1. The Balaban J connectivity index is 0.00000450. The molecule has 0 aliphatic rings. The van der Waals surface area contributed by atoms with Gasteiger partial charge in [0.15, 0.2) is 5.96 Å². The van der Waals surface area contributed by atoms with Crippen LogP contribution in [-0.4, -0.2) is 43.5 Å². The Hall–Kier alpha value is -2.21. The van der Waals surface area contributed by atoms with Crippen LogP contribution in [-0.2, 0) is 11.3 Å². The molecule has 164 valence electrons. The largest absolute Gasteiger partial charge is 0.462 e. The van der Waals surface area contributed by atoms with Crippen molar-refractivity contribution < 1.29 is 14.3 Å². The van der Waals surface area contributed by atoms with Crippen molar-refractivity contribution in [2.45, 2.75) is 33.4 Å². The second-order valence-electron chi connectivity index (χ2n) is 6.26. The fourth-order valence-electron chi connectivity index (χ4n) is 2.60. The molecule has 1 amide bonds. The Morgan fingerprint density at radius 1 is 1.33 bits per heavy atom. The monoisotopic (exact) mass is 545 g/mol. The van der Waals surface area contributed by atoms with Crippen LogP contribution in [0.4, 0.5) is 0 Å². The highest BCUT2D eigenvalue weighted by Gasteiger charge is 2.20. The second-order valence-corrected chi connectivity index (χ2v) is 7.29. The highest BCUT2D eigenvalue weighted by atomic mass is 127. The zero-order valence-corrected chi connectivity index (χ0v) is 20.9. The third-order valence-electron chi connectivity index (χ3n) is 4.10. The summed E-state index contributed by atoms with van der Waals surface area (Å²) in [6.45, 7) is 6.36. The van der Waals surface area contributed by atoms with Crippen LogP contribution in [0, 0.1) is 6.92 Å². The van der Waals surface area contributed by atoms with Gasteiger partial charge in [0.2, 0.25) is 0 Å². The number of carbonyl (C=O) groups excluding carboxylic acids is 2. The second kappa shape index (κ2) is 12.5. The van der Waals surface area contributed by atoms with Crippen LogP contribution in [0.2, 0.25) is 0 Å². The molecule has 0 fully saturated rings. The van der Waals surface area contributed by atoms with E-state index in [4.69, 9.17) is 4.74 Å². The Morgan fingerprint density at radius 2 is 2.07 bits per heavy atom. The van der Waals surface area contributed by atoms with E-state index < -0.39 is 0 Å². The predicted molar refractivity (Wildman–Crippen MR) is 130 cm³/mol. The molecule has 0 aliphatic heterocycles. The van der Waals surface area contributed by atoms with E-state index in [1.807, 2.05) is 25.1 Å². The van der Waals surface area contributed by atoms with Gasteiger partial charge in [-0.25, -0.2) is 9.78 Å². The number of aromatic nitrogens is 1. The Morgan fingerprint density at radius 3 is 2.70 bits per heavy atom. The van der Waals surface area contributed by atoms with Crippen molar-refractivity contribution in [1.29, 1.82) is 0 Å². The van der Waals surface area contributed by atoms with Gasteiger partial charge in [0.1, 0.15) is 9.88 Å². The van der Waals surface area contributed by atoms with E-state index in [9.17, 15) is 9.59 Å². The summed E-state index contributed by atoms with van der Waals surface area (Å²) in [6.07, 6.45) is 0. The molecule has 0 radical (unpaired) electrons. The fourth-order valence-corrected chi connectivity index (χ4v) is 3.57. The maximum Gasteiger partial charge on any atom is 0.350 e. The lowest BCUT2D eigenvalue weighted by molar-refractivity contribution is 0.0531. The molecule has 0 aliphatic carbocycles. The number of carbonyl (C=O) groups is 2. The first-order chi connectivity index (χ1) is 13.9. The van der Waals surface area contributed by atoms with Crippen molar-refractivity contribution in [3.63, 3.8) is 0 Å². The molecule has 0 saturated carbocycles. The lowest BCUT2D eigenvalue weighted by Crippen LogP contribution is -2.38. The number of hydrogen-bond donors (Lipinski definition) is 3. The van der Waals surface area contributed by atoms with E-state index in [1.165, 1.54) is 11.3 Å². The molecule has 2 aromatic rings. The molecule has 1 aromatic heterocycles. The van der Waals surface area contributed by atoms with Gasteiger partial charge in [-0.2, -0.15) is 0 Å². The molecule has 0 spiro atoms. The number of hydrogen-bond acceptors (Lipinski definition) is 6. The van der Waals surface area contributed by atoms with E-state index in [0.717, 1.165) is 10.6 Å². The van der Waals surface area contributed by atoms with E-state index in [-0.39, 0.29) is 41.9 Å². The third kappa shape index (κ3) is 6.94. The molecule has 1 atom stereocenters. The number of esters is 1. The molecule has 8 nitrogen and oxygen atoms in total. The maximum atomic E-state index is 12.0. The topological polar surface area (TPSA) is 105 Å². The summed E-state index contributed by atoms with van der Waals surface area (Å²) in [7, 11) is 3.29. The quantitative estimate of drug-likeness (QED) is 0.214. The van der Waals surface area contributed by atoms with Crippen molar-refractivity contribution in [3.8, 4) is 0 Å². The van der Waals surface area contributed by atoms with Gasteiger partial charge in [-0.1, -0.05) is 12.1 Å². The Bertz CT molecular complexity index is 900. The average Bonchev–Trinajstić information content (AvgIpc) is 3.12. The summed E-state index contributed by atoms with van der Waals surface area (Å²) in [5.41, 5.74) is 2.22. The van der Waals surface area contributed by atoms with Gasteiger partial charge in [-0.05, 0) is 38.5 Å². The summed E-state index contributed by atoms with van der Waals surface area (Å²) in [5.74, 6) is 0.118. The molecular weight excluding hydrogens is 517 g/mol. The number of thiazole rings is 1. The minimum atomic E-state index is -0.348. The van der Waals surface area contributed by atoms with Gasteiger partial charge in [-0.15, -0.1) is 35.3 Å². The summed E-state index contributed by atoms with van der Waals surface area (Å²) in [4.78, 5) is 33.0. The van der Waals surface area contributed by atoms with Gasteiger partial charge < -0.3 is 20.7 Å². The molecule has 1 unspecified atom stereocenters. The number of halogens is 1. The normalized spacial score (nSPS) is 11.8. The fraction of sp³-hybridized carbons (Fsp3) is 0.400. The molecule has 2 rings (SSSR count). The first-order valence-corrected chi connectivity index (χ1v) is 10.1.